The van der Waals surface area contributed by atoms with Gasteiger partial charge in [-0.3, -0.25) is 9.69 Å². The zero-order chi connectivity index (χ0) is 29.3. The lowest BCUT2D eigenvalue weighted by atomic mass is 9.79. The van der Waals surface area contributed by atoms with Crippen LogP contribution in [-0.2, 0) is 14.5 Å². The number of rotatable bonds is 6. The maximum atomic E-state index is 15.9. The molecule has 2 amide bonds. The molecule has 0 radical (unpaired) electrons. The number of ether oxygens (including phenoxy) is 1. The molecular weight excluding hydrogens is 549 g/mol. The second-order valence-electron chi connectivity index (χ2n) is 11.3. The van der Waals surface area contributed by atoms with E-state index in [0.29, 0.717) is 28.5 Å². The predicted molar refractivity (Wildman–Crippen MR) is 154 cm³/mol. The molecule has 41 heavy (non-hydrogen) atoms. The summed E-state index contributed by atoms with van der Waals surface area (Å²) in [5.41, 5.74) is 1.59. The van der Waals surface area contributed by atoms with Gasteiger partial charge in [-0.05, 0) is 48.9 Å². The van der Waals surface area contributed by atoms with Crippen molar-refractivity contribution in [2.24, 2.45) is 16.2 Å². The third kappa shape index (κ3) is 6.54. The van der Waals surface area contributed by atoms with Crippen LogP contribution in [0.1, 0.15) is 66.4 Å². The van der Waals surface area contributed by atoms with E-state index in [4.69, 9.17) is 4.74 Å². The number of imidazole rings is 1. The number of carboxylic acid groups (broad SMARTS) is 1. The molecule has 2 fully saturated rings. The van der Waals surface area contributed by atoms with Gasteiger partial charge >= 0.3 is 6.09 Å². The van der Waals surface area contributed by atoms with E-state index in [1.54, 1.807) is 36.4 Å². The van der Waals surface area contributed by atoms with Crippen LogP contribution in [0.15, 0.2) is 40.8 Å². The number of aromatic nitrogens is 2. The standard InChI is InChI=1S/C29H36FN5O5S/c1-17-7-9-18(10-8-17)25(33-28(36)19-5-4-6-20(15-19)34-41(2,3)39)27-31-22-12-11-21(24(30)26(22)32-27)23-16-40-14-13-35(23)29(37)38/h4-6,11-12,15,17-18,23,25H,7-10,13-14,16H2,1-3H3,(H,31,32)(H,33,36)(H,37,38)/t17?,18?,23?,25-/m0/s1. The van der Waals surface area contributed by atoms with Crippen LogP contribution >= 0.6 is 0 Å². The second-order valence-corrected chi connectivity index (χ2v) is 13.9. The molecule has 220 valence electrons. The number of carbonyl (C=O) groups is 2. The lowest BCUT2D eigenvalue weighted by molar-refractivity contribution is -0.00190. The van der Waals surface area contributed by atoms with Gasteiger partial charge in [0.15, 0.2) is 5.82 Å². The zero-order valence-corrected chi connectivity index (χ0v) is 24.2. The summed E-state index contributed by atoms with van der Waals surface area (Å²) in [7, 11) is -2.40. The Morgan fingerprint density at radius 3 is 2.68 bits per heavy atom. The topological polar surface area (TPSA) is 137 Å². The molecule has 1 unspecified atom stereocenters. The van der Waals surface area contributed by atoms with E-state index in [9.17, 15) is 18.9 Å². The number of hydrogen-bond acceptors (Lipinski definition) is 6. The normalized spacial score (nSPS) is 22.3. The highest BCUT2D eigenvalue weighted by Crippen LogP contribution is 2.38. The summed E-state index contributed by atoms with van der Waals surface area (Å²) in [4.78, 5) is 34.3. The van der Waals surface area contributed by atoms with Gasteiger partial charge in [-0.2, -0.15) is 4.36 Å². The van der Waals surface area contributed by atoms with Crippen LogP contribution < -0.4 is 5.32 Å². The summed E-state index contributed by atoms with van der Waals surface area (Å²) in [6.45, 7) is 2.68. The minimum Gasteiger partial charge on any atom is -0.465 e. The minimum absolute atomic E-state index is 0.0569. The van der Waals surface area contributed by atoms with Gasteiger partial charge in [-0.15, -0.1) is 0 Å². The van der Waals surface area contributed by atoms with Crippen molar-refractivity contribution in [3.05, 3.63) is 59.2 Å². The van der Waals surface area contributed by atoms with Crippen molar-refractivity contribution in [2.75, 3.05) is 32.3 Å². The highest BCUT2D eigenvalue weighted by molar-refractivity contribution is 7.92. The Bertz CT molecular complexity index is 1570. The first-order valence-corrected chi connectivity index (χ1v) is 16.2. The minimum atomic E-state index is -2.40. The molecular formula is C29H36FN5O5S. The lowest BCUT2D eigenvalue weighted by Crippen LogP contribution is -2.43. The average Bonchev–Trinajstić information content (AvgIpc) is 3.37. The van der Waals surface area contributed by atoms with Crippen LogP contribution in [0, 0.1) is 17.7 Å². The van der Waals surface area contributed by atoms with Gasteiger partial charge in [0.1, 0.15) is 11.3 Å². The number of hydrogen-bond donors (Lipinski definition) is 3. The SMILES string of the molecule is CC1CCC([C@H](NC(=O)c2cccc(N=S(C)(C)=O)c2)c2nc3c(F)c(C4COCCN4C(=O)O)ccc3[nH]2)CC1. The number of fused-ring (bicyclic) bond motifs is 1. The van der Waals surface area contributed by atoms with Gasteiger partial charge in [0.05, 0.1) is 36.5 Å². The number of amides is 2. The molecule has 2 aliphatic rings. The third-order valence-electron chi connectivity index (χ3n) is 7.92. The van der Waals surface area contributed by atoms with Crippen molar-refractivity contribution in [1.29, 1.82) is 0 Å². The van der Waals surface area contributed by atoms with Gasteiger partial charge in [0.2, 0.25) is 0 Å². The van der Waals surface area contributed by atoms with Gasteiger partial charge in [-0.25, -0.2) is 18.4 Å². The van der Waals surface area contributed by atoms with Crippen molar-refractivity contribution in [3.8, 4) is 0 Å². The van der Waals surface area contributed by atoms with E-state index in [-0.39, 0.29) is 42.7 Å². The highest BCUT2D eigenvalue weighted by Gasteiger charge is 2.34. The maximum absolute atomic E-state index is 15.9. The number of H-pyrrole nitrogens is 1. The molecule has 1 aliphatic heterocycles. The van der Waals surface area contributed by atoms with E-state index in [0.717, 1.165) is 25.7 Å². The summed E-state index contributed by atoms with van der Waals surface area (Å²) in [5, 5.41) is 12.8. The van der Waals surface area contributed by atoms with Crippen molar-refractivity contribution >= 4 is 38.5 Å². The van der Waals surface area contributed by atoms with E-state index in [1.807, 2.05) is 0 Å². The van der Waals surface area contributed by atoms with Crippen LogP contribution in [0.5, 0.6) is 0 Å². The Kier molecular flexibility index (Phi) is 8.32. The Morgan fingerprint density at radius 1 is 1.22 bits per heavy atom. The second kappa shape index (κ2) is 11.8. The fraction of sp³-hybridized carbons (Fsp3) is 0.483. The highest BCUT2D eigenvalue weighted by atomic mass is 32.2. The fourth-order valence-corrected chi connectivity index (χ4v) is 6.40. The molecule has 3 N–H and O–H groups in total. The van der Waals surface area contributed by atoms with Gasteiger partial charge < -0.3 is 20.1 Å². The molecule has 2 aromatic carbocycles. The molecule has 0 bridgehead atoms. The molecule has 10 nitrogen and oxygen atoms in total. The summed E-state index contributed by atoms with van der Waals surface area (Å²) in [5.74, 6) is 0.188. The third-order valence-corrected chi connectivity index (χ3v) is 8.57. The molecule has 2 heterocycles. The molecule has 1 saturated carbocycles. The summed E-state index contributed by atoms with van der Waals surface area (Å²) in [6.07, 6.45) is 5.72. The molecule has 1 saturated heterocycles. The Hall–Kier alpha value is -3.51. The van der Waals surface area contributed by atoms with Crippen molar-refractivity contribution in [1.82, 2.24) is 20.2 Å². The van der Waals surface area contributed by atoms with Crippen molar-refractivity contribution < 1.29 is 28.0 Å². The van der Waals surface area contributed by atoms with E-state index < -0.39 is 33.7 Å². The number of nitrogens with one attached hydrogen (secondary N) is 2. The van der Waals surface area contributed by atoms with Gasteiger partial charge in [-0.1, -0.05) is 31.9 Å². The first-order valence-electron chi connectivity index (χ1n) is 13.8. The first-order chi connectivity index (χ1) is 19.5. The van der Waals surface area contributed by atoms with Crippen LogP contribution in [0.4, 0.5) is 14.9 Å². The molecule has 2 atom stereocenters. The van der Waals surface area contributed by atoms with Crippen LogP contribution in [0.3, 0.4) is 0 Å². The Balaban J connectivity index is 1.49. The largest absolute Gasteiger partial charge is 0.465 e. The fourth-order valence-electron chi connectivity index (χ4n) is 5.78. The smallest absolute Gasteiger partial charge is 0.407 e. The summed E-state index contributed by atoms with van der Waals surface area (Å²) < 4.78 is 37.7. The van der Waals surface area contributed by atoms with Crippen molar-refractivity contribution in [3.63, 3.8) is 0 Å². The Labute approximate surface area is 238 Å². The number of benzene rings is 2. The van der Waals surface area contributed by atoms with E-state index in [1.165, 1.54) is 17.4 Å². The number of carbonyl (C=O) groups excluding carboxylic acids is 1. The van der Waals surface area contributed by atoms with Crippen LogP contribution in [0.2, 0.25) is 0 Å². The molecule has 3 aromatic rings. The lowest BCUT2D eigenvalue weighted by Gasteiger charge is -2.33. The maximum Gasteiger partial charge on any atom is 0.407 e. The van der Waals surface area contributed by atoms with Gasteiger partial charge in [0, 0.05) is 39.9 Å². The molecule has 12 heteroatoms. The molecule has 1 aromatic heterocycles. The average molecular weight is 586 g/mol. The predicted octanol–water partition coefficient (Wildman–Crippen LogP) is 5.41. The van der Waals surface area contributed by atoms with Gasteiger partial charge in [0.25, 0.3) is 5.91 Å². The molecule has 1 aliphatic carbocycles. The monoisotopic (exact) mass is 585 g/mol. The Morgan fingerprint density at radius 2 is 1.98 bits per heavy atom. The van der Waals surface area contributed by atoms with E-state index in [2.05, 4.69) is 26.6 Å². The molecule has 5 rings (SSSR count). The number of aromatic amines is 1. The summed E-state index contributed by atoms with van der Waals surface area (Å²) in [6, 6.07) is 8.66. The van der Waals surface area contributed by atoms with Crippen LogP contribution in [0.25, 0.3) is 11.0 Å². The number of halogens is 1. The molecule has 0 spiro atoms. The van der Waals surface area contributed by atoms with Crippen LogP contribution in [-0.4, -0.2) is 68.5 Å². The zero-order valence-electron chi connectivity index (χ0n) is 23.4. The first kappa shape index (κ1) is 29.0. The number of nitrogens with zero attached hydrogens (tertiary/aromatic N) is 3. The quantitative estimate of drug-likeness (QED) is 0.354. The summed E-state index contributed by atoms with van der Waals surface area (Å²) >= 11 is 0. The van der Waals surface area contributed by atoms with E-state index >= 15 is 4.39 Å². The number of morpholine rings is 1. The van der Waals surface area contributed by atoms with Crippen molar-refractivity contribution in [2.45, 2.75) is 44.7 Å².